The number of benzene rings is 1. The zero-order valence-corrected chi connectivity index (χ0v) is 12.4. The Kier molecular flexibility index (Phi) is 3.92. The molecule has 0 spiro atoms. The highest BCUT2D eigenvalue weighted by molar-refractivity contribution is 6.03. The minimum Gasteiger partial charge on any atom is -0.364 e. The van der Waals surface area contributed by atoms with Gasteiger partial charge < -0.3 is 10.6 Å². The molecule has 1 amide bonds. The molecular weight excluding hydrogens is 264 g/mol. The maximum atomic E-state index is 10.8. The first-order valence-electron chi connectivity index (χ1n) is 7.61. The van der Waals surface area contributed by atoms with Gasteiger partial charge in [0, 0.05) is 17.5 Å². The first kappa shape index (κ1) is 14.1. The van der Waals surface area contributed by atoms with Gasteiger partial charge in [0.25, 0.3) is 5.91 Å². The topological polar surface area (TPSA) is 75.0 Å². The van der Waals surface area contributed by atoms with Crippen molar-refractivity contribution in [3.8, 4) is 0 Å². The van der Waals surface area contributed by atoms with Gasteiger partial charge in [0.15, 0.2) is 5.69 Å². The third-order valence-corrected chi connectivity index (χ3v) is 4.76. The number of aromatic amines is 1. The second-order valence-electron chi connectivity index (χ2n) is 5.96. The molecule has 2 saturated heterocycles. The van der Waals surface area contributed by atoms with Gasteiger partial charge in [-0.2, -0.15) is 5.10 Å². The van der Waals surface area contributed by atoms with Crippen LogP contribution in [0.2, 0.25) is 0 Å². The molecule has 0 radical (unpaired) electrons. The van der Waals surface area contributed by atoms with E-state index in [4.69, 9.17) is 5.73 Å². The number of nitrogens with one attached hydrogen (secondary N) is 1. The van der Waals surface area contributed by atoms with Crippen LogP contribution in [0, 0.1) is 0 Å². The molecule has 2 fully saturated rings. The molecule has 2 aliphatic heterocycles. The molecule has 2 aliphatic rings. The molecule has 112 valence electrons. The molecule has 0 aliphatic carbocycles. The summed E-state index contributed by atoms with van der Waals surface area (Å²) in [7, 11) is 2.29. The number of aromatic nitrogens is 2. The number of nitrogens with two attached hydrogens (primary N) is 1. The number of hydrogen-bond donors (Lipinski definition) is 2. The van der Waals surface area contributed by atoms with E-state index in [-0.39, 0.29) is 0 Å². The van der Waals surface area contributed by atoms with Crippen LogP contribution in [0.4, 0.5) is 0 Å². The summed E-state index contributed by atoms with van der Waals surface area (Å²) >= 11 is 0. The molecule has 1 aromatic carbocycles. The molecule has 2 aromatic rings. The van der Waals surface area contributed by atoms with Crippen LogP contribution in [-0.2, 0) is 0 Å². The minimum atomic E-state index is -0.507. The van der Waals surface area contributed by atoms with Gasteiger partial charge in [-0.15, -0.1) is 0 Å². The molecule has 3 N–H and O–H groups in total. The average molecular weight is 286 g/mol. The molecule has 0 unspecified atom stereocenters. The largest absolute Gasteiger partial charge is 0.364 e. The van der Waals surface area contributed by atoms with E-state index < -0.39 is 5.91 Å². The van der Waals surface area contributed by atoms with Crippen LogP contribution in [0.1, 0.15) is 42.6 Å². The van der Waals surface area contributed by atoms with Gasteiger partial charge in [0.1, 0.15) is 0 Å². The smallest absolute Gasteiger partial charge is 0.269 e. The Balaban J connectivity index is 0.000000131. The lowest BCUT2D eigenvalue weighted by Crippen LogP contribution is -2.35. The van der Waals surface area contributed by atoms with E-state index in [1.54, 1.807) is 6.07 Å². The van der Waals surface area contributed by atoms with Gasteiger partial charge in [0.05, 0.1) is 5.52 Å². The van der Waals surface area contributed by atoms with E-state index in [1.165, 1.54) is 32.1 Å². The summed E-state index contributed by atoms with van der Waals surface area (Å²) in [4.78, 5) is 13.4. The lowest BCUT2D eigenvalue weighted by atomic mass is 10.0. The maximum absolute atomic E-state index is 10.8. The number of carbonyl (C=O) groups is 1. The van der Waals surface area contributed by atoms with Crippen molar-refractivity contribution in [1.29, 1.82) is 0 Å². The van der Waals surface area contributed by atoms with E-state index in [9.17, 15) is 4.79 Å². The predicted molar refractivity (Wildman–Crippen MR) is 83.0 cm³/mol. The number of fused-ring (bicyclic) bond motifs is 3. The van der Waals surface area contributed by atoms with Crippen molar-refractivity contribution < 1.29 is 4.79 Å². The number of hydrogen-bond acceptors (Lipinski definition) is 3. The Morgan fingerprint density at radius 1 is 1.24 bits per heavy atom. The number of para-hydroxylation sites is 1. The zero-order chi connectivity index (χ0) is 14.8. The van der Waals surface area contributed by atoms with Crippen LogP contribution < -0.4 is 5.73 Å². The normalized spacial score (nSPS) is 24.6. The number of rotatable bonds is 1. The van der Waals surface area contributed by atoms with Gasteiger partial charge in [-0.05, 0) is 38.8 Å². The number of amides is 1. The number of nitrogens with zero attached hydrogens (tertiary/aromatic N) is 2. The lowest BCUT2D eigenvalue weighted by Gasteiger charge is -2.30. The number of piperidine rings is 1. The molecule has 4 rings (SSSR count). The number of H-pyrrole nitrogens is 1. The third-order valence-electron chi connectivity index (χ3n) is 4.76. The number of carbonyl (C=O) groups excluding carboxylic acids is 1. The number of primary amides is 1. The van der Waals surface area contributed by atoms with Gasteiger partial charge in [-0.1, -0.05) is 24.6 Å². The molecule has 2 bridgehead atoms. The quantitative estimate of drug-likeness (QED) is 0.844. The summed E-state index contributed by atoms with van der Waals surface area (Å²) in [5.41, 5.74) is 6.22. The van der Waals surface area contributed by atoms with Gasteiger partial charge in [0.2, 0.25) is 0 Å². The fourth-order valence-corrected chi connectivity index (χ4v) is 3.53. The SMILES string of the molecule is CN1[C@@H]2CCC[C@H]1CC2.NC(=O)c1n[nH]c2ccccc12. The summed E-state index contributed by atoms with van der Waals surface area (Å²) < 4.78 is 0. The van der Waals surface area contributed by atoms with E-state index in [0.717, 1.165) is 23.0 Å². The maximum Gasteiger partial charge on any atom is 0.269 e. The van der Waals surface area contributed by atoms with Gasteiger partial charge in [-0.3, -0.25) is 9.89 Å². The first-order chi connectivity index (χ1) is 10.2. The molecule has 21 heavy (non-hydrogen) atoms. The Morgan fingerprint density at radius 3 is 2.52 bits per heavy atom. The summed E-state index contributed by atoms with van der Waals surface area (Å²) in [6.07, 6.45) is 7.36. The van der Waals surface area contributed by atoms with Crippen molar-refractivity contribution in [3.05, 3.63) is 30.0 Å². The van der Waals surface area contributed by atoms with Crippen molar-refractivity contribution in [2.24, 2.45) is 5.73 Å². The Bertz CT molecular complexity index is 620. The average Bonchev–Trinajstić information content (AvgIpc) is 2.96. The van der Waals surface area contributed by atoms with Crippen molar-refractivity contribution >= 4 is 16.8 Å². The van der Waals surface area contributed by atoms with E-state index >= 15 is 0 Å². The zero-order valence-electron chi connectivity index (χ0n) is 12.4. The van der Waals surface area contributed by atoms with Crippen molar-refractivity contribution in [2.75, 3.05) is 7.05 Å². The standard InChI is InChI=1S/C8H7N3O.C8H15N/c9-8(12)7-5-3-1-2-4-6(5)10-11-7;1-9-7-3-2-4-8(9)6-5-7/h1-4H,(H2,9,12)(H,10,11);7-8H,2-6H2,1H3/t;7-,8+. The summed E-state index contributed by atoms with van der Waals surface area (Å²) in [6.45, 7) is 0. The molecule has 3 heterocycles. The third kappa shape index (κ3) is 2.78. The van der Waals surface area contributed by atoms with Crippen LogP contribution >= 0.6 is 0 Å². The minimum absolute atomic E-state index is 0.297. The highest BCUT2D eigenvalue weighted by atomic mass is 16.1. The van der Waals surface area contributed by atoms with Crippen molar-refractivity contribution in [1.82, 2.24) is 15.1 Å². The van der Waals surface area contributed by atoms with Crippen LogP contribution in [0.3, 0.4) is 0 Å². The Labute approximate surface area is 124 Å². The second-order valence-corrected chi connectivity index (χ2v) is 5.96. The molecule has 5 nitrogen and oxygen atoms in total. The summed E-state index contributed by atoms with van der Waals surface area (Å²) in [5, 5.41) is 7.28. The van der Waals surface area contributed by atoms with E-state index in [0.29, 0.717) is 5.69 Å². The van der Waals surface area contributed by atoms with Crippen molar-refractivity contribution in [3.63, 3.8) is 0 Å². The van der Waals surface area contributed by atoms with Gasteiger partial charge >= 0.3 is 0 Å². The van der Waals surface area contributed by atoms with Crippen LogP contribution in [0.25, 0.3) is 10.9 Å². The van der Waals surface area contributed by atoms with Gasteiger partial charge in [-0.25, -0.2) is 0 Å². The monoisotopic (exact) mass is 286 g/mol. The fraction of sp³-hybridized carbons (Fsp3) is 0.500. The van der Waals surface area contributed by atoms with Crippen LogP contribution in [0.15, 0.2) is 24.3 Å². The highest BCUT2D eigenvalue weighted by Crippen LogP contribution is 2.33. The molecule has 2 atom stereocenters. The van der Waals surface area contributed by atoms with Crippen LogP contribution in [0.5, 0.6) is 0 Å². The van der Waals surface area contributed by atoms with E-state index in [2.05, 4.69) is 22.1 Å². The summed E-state index contributed by atoms with van der Waals surface area (Å²) in [5.74, 6) is -0.507. The molecule has 0 saturated carbocycles. The lowest BCUT2D eigenvalue weighted by molar-refractivity contribution is 0.0997. The molecule has 1 aromatic heterocycles. The second kappa shape index (κ2) is 5.85. The predicted octanol–water partition coefficient (Wildman–Crippen LogP) is 2.29. The Morgan fingerprint density at radius 2 is 1.90 bits per heavy atom. The van der Waals surface area contributed by atoms with Crippen molar-refractivity contribution in [2.45, 2.75) is 44.2 Å². The highest BCUT2D eigenvalue weighted by Gasteiger charge is 2.33. The molecule has 5 heteroatoms. The molecular formula is C16H22N4O. The van der Waals surface area contributed by atoms with E-state index in [1.807, 2.05) is 18.2 Å². The summed E-state index contributed by atoms with van der Waals surface area (Å²) in [6, 6.07) is 9.27. The Hall–Kier alpha value is -1.88. The first-order valence-corrected chi connectivity index (χ1v) is 7.61. The fourth-order valence-electron chi connectivity index (χ4n) is 3.53. The van der Waals surface area contributed by atoms with Crippen LogP contribution in [-0.4, -0.2) is 40.1 Å².